The molecule has 3 aliphatic rings. The number of methoxy groups -OCH3 is 2. The number of fused-ring (bicyclic) bond motifs is 5. The molecular weight excluding hydrogens is 606 g/mol. The number of aliphatic hydroxyl groups is 1. The van der Waals surface area contributed by atoms with E-state index in [1.165, 1.54) is 19.1 Å². The SMILES string of the molecule is CN[C@@H](C)C(=O)O[C@H]1CC(=O)N(C)c2cc(cc(OC)c2Cl)C/C(C)=C/C=C/[C@@H](OC)[C@@]2(O)C[C@H](OC(=O)N2)[C@@H](C)[C@@H]2O[C@]12C. The number of benzene rings is 1. The maximum Gasteiger partial charge on any atom is 0.409 e. The van der Waals surface area contributed by atoms with Crippen LogP contribution in [0.2, 0.25) is 5.02 Å². The van der Waals surface area contributed by atoms with Crippen LogP contribution in [0.1, 0.15) is 46.1 Å². The van der Waals surface area contributed by atoms with E-state index in [1.807, 2.05) is 26.0 Å². The zero-order valence-electron chi connectivity index (χ0n) is 27.0. The Morgan fingerprint density at radius 3 is 2.64 bits per heavy atom. The van der Waals surface area contributed by atoms with E-state index in [2.05, 4.69) is 10.6 Å². The predicted molar refractivity (Wildman–Crippen MR) is 167 cm³/mol. The third kappa shape index (κ3) is 7.30. The Hall–Kier alpha value is -3.16. The van der Waals surface area contributed by atoms with Crippen LogP contribution < -0.4 is 20.3 Å². The maximum atomic E-state index is 13.8. The van der Waals surface area contributed by atoms with Crippen molar-refractivity contribution in [3.8, 4) is 5.75 Å². The second-order valence-electron chi connectivity index (χ2n) is 12.2. The van der Waals surface area contributed by atoms with Gasteiger partial charge in [-0.25, -0.2) is 4.79 Å². The Balaban J connectivity index is 1.80. The first-order valence-corrected chi connectivity index (χ1v) is 15.3. The standard InChI is InChI=1S/C32H44ClN3O9/c1-17-10-9-11-24(42-8)32(40)16-23(43-30(39)35-32)18(2)28-31(4,45-28)25(44-29(38)19(3)34-5)15-26(37)36(6)21-13-20(12-17)14-22(41-7)27(21)33/h9-11,13-14,18-19,23-25,28,34,40H,12,15-16H2,1-8H3,(H,35,39)/b11-9+,17-10+/t18-,19+,23+,24-,25+,28+,31-,32+/m1/s1. The number of esters is 1. The first kappa shape index (κ1) is 34.7. The average molecular weight is 650 g/mol. The summed E-state index contributed by atoms with van der Waals surface area (Å²) >= 11 is 6.69. The van der Waals surface area contributed by atoms with E-state index in [-0.39, 0.29) is 23.8 Å². The zero-order chi connectivity index (χ0) is 33.3. The van der Waals surface area contributed by atoms with Gasteiger partial charge < -0.3 is 39.0 Å². The summed E-state index contributed by atoms with van der Waals surface area (Å²) in [5.41, 5.74) is -0.646. The Morgan fingerprint density at radius 2 is 2.00 bits per heavy atom. The average Bonchev–Trinajstić information content (AvgIpc) is 3.69. The van der Waals surface area contributed by atoms with Crippen LogP contribution in [0.25, 0.3) is 0 Å². The second kappa shape index (κ2) is 13.7. The van der Waals surface area contributed by atoms with E-state index in [4.69, 9.17) is 35.3 Å². The number of likely N-dealkylation sites (N-methyl/N-ethyl adjacent to an activating group) is 1. The lowest BCUT2D eigenvalue weighted by molar-refractivity contribution is -0.155. The van der Waals surface area contributed by atoms with Crippen LogP contribution in [0.4, 0.5) is 10.5 Å². The van der Waals surface area contributed by atoms with Crippen molar-refractivity contribution in [3.05, 3.63) is 46.5 Å². The molecule has 2 fully saturated rings. The third-order valence-corrected chi connectivity index (χ3v) is 9.38. The molecular formula is C32H44ClN3O9. The van der Waals surface area contributed by atoms with E-state index in [9.17, 15) is 19.5 Å². The molecule has 1 aromatic carbocycles. The van der Waals surface area contributed by atoms with Gasteiger partial charge in [0, 0.05) is 26.5 Å². The van der Waals surface area contributed by atoms with E-state index < -0.39 is 59.8 Å². The summed E-state index contributed by atoms with van der Waals surface area (Å²) in [6.07, 6.45) is 1.52. The molecule has 0 spiro atoms. The number of rotatable bonds is 5. The molecule has 2 amide bonds. The molecule has 3 N–H and O–H groups in total. The molecule has 0 unspecified atom stereocenters. The molecule has 13 heteroatoms. The number of nitrogens with one attached hydrogen (secondary N) is 2. The van der Waals surface area contributed by atoms with Crippen LogP contribution in [0.5, 0.6) is 5.75 Å². The molecule has 45 heavy (non-hydrogen) atoms. The number of carbonyl (C=O) groups excluding carboxylic acids is 3. The lowest BCUT2D eigenvalue weighted by atomic mass is 9.83. The van der Waals surface area contributed by atoms with Gasteiger partial charge in [0.05, 0.1) is 25.3 Å². The van der Waals surface area contributed by atoms with Gasteiger partial charge >= 0.3 is 12.1 Å². The van der Waals surface area contributed by atoms with Gasteiger partial charge in [0.15, 0.2) is 5.72 Å². The first-order chi connectivity index (χ1) is 21.2. The molecule has 2 saturated heterocycles. The summed E-state index contributed by atoms with van der Waals surface area (Å²) in [7, 11) is 6.18. The molecule has 4 rings (SSSR count). The molecule has 0 saturated carbocycles. The number of halogens is 1. The van der Waals surface area contributed by atoms with Gasteiger partial charge in [0.25, 0.3) is 0 Å². The molecule has 0 radical (unpaired) electrons. The van der Waals surface area contributed by atoms with E-state index >= 15 is 0 Å². The number of ether oxygens (including phenoxy) is 5. The highest BCUT2D eigenvalue weighted by Gasteiger charge is 2.64. The normalized spacial score (nSPS) is 34.8. The molecule has 8 atom stereocenters. The Kier molecular flexibility index (Phi) is 10.6. The van der Waals surface area contributed by atoms with Crippen LogP contribution in [0, 0.1) is 5.92 Å². The molecule has 0 aliphatic carbocycles. The quantitative estimate of drug-likeness (QED) is 0.321. The second-order valence-corrected chi connectivity index (χ2v) is 12.6. The summed E-state index contributed by atoms with van der Waals surface area (Å²) < 4.78 is 28.8. The number of amides is 2. The highest BCUT2D eigenvalue weighted by molar-refractivity contribution is 6.35. The molecule has 12 nitrogen and oxygen atoms in total. The van der Waals surface area contributed by atoms with Crippen molar-refractivity contribution in [2.24, 2.45) is 5.92 Å². The smallest absolute Gasteiger partial charge is 0.409 e. The summed E-state index contributed by atoms with van der Waals surface area (Å²) in [6, 6.07) is 2.99. The van der Waals surface area contributed by atoms with Crippen LogP contribution >= 0.6 is 11.6 Å². The molecule has 3 aliphatic heterocycles. The lowest BCUT2D eigenvalue weighted by Gasteiger charge is -2.42. The molecule has 0 aromatic heterocycles. The van der Waals surface area contributed by atoms with Gasteiger partial charge in [-0.3, -0.25) is 14.9 Å². The zero-order valence-corrected chi connectivity index (χ0v) is 27.8. The van der Waals surface area contributed by atoms with Gasteiger partial charge in [-0.2, -0.15) is 0 Å². The number of carbonyl (C=O) groups is 3. The summed E-state index contributed by atoms with van der Waals surface area (Å²) in [6.45, 7) is 7.17. The number of epoxide rings is 1. The summed E-state index contributed by atoms with van der Waals surface area (Å²) in [4.78, 5) is 40.9. The molecule has 248 valence electrons. The van der Waals surface area contributed by atoms with E-state index in [0.29, 0.717) is 17.9 Å². The molecule has 4 bridgehead atoms. The number of anilines is 1. The van der Waals surface area contributed by atoms with Crippen LogP contribution in [0.3, 0.4) is 0 Å². The van der Waals surface area contributed by atoms with Crippen LogP contribution in [-0.4, -0.2) is 93.2 Å². The van der Waals surface area contributed by atoms with Gasteiger partial charge in [-0.05, 0) is 51.9 Å². The minimum Gasteiger partial charge on any atom is -0.495 e. The van der Waals surface area contributed by atoms with Crippen molar-refractivity contribution in [2.45, 2.75) is 88.7 Å². The Bertz CT molecular complexity index is 1370. The highest BCUT2D eigenvalue weighted by Crippen LogP contribution is 2.49. The van der Waals surface area contributed by atoms with Crippen molar-refractivity contribution in [1.29, 1.82) is 0 Å². The first-order valence-electron chi connectivity index (χ1n) is 14.9. The Morgan fingerprint density at radius 1 is 1.29 bits per heavy atom. The van der Waals surface area contributed by atoms with Crippen molar-refractivity contribution < 1.29 is 43.2 Å². The maximum absolute atomic E-state index is 13.8. The van der Waals surface area contributed by atoms with Crippen molar-refractivity contribution >= 4 is 35.3 Å². The number of hydrogen-bond acceptors (Lipinski definition) is 10. The monoisotopic (exact) mass is 649 g/mol. The van der Waals surface area contributed by atoms with E-state index in [1.54, 1.807) is 46.2 Å². The number of allylic oxidation sites excluding steroid dienone is 3. The van der Waals surface area contributed by atoms with Crippen LogP contribution in [0.15, 0.2) is 35.9 Å². The largest absolute Gasteiger partial charge is 0.495 e. The minimum absolute atomic E-state index is 0.00553. The van der Waals surface area contributed by atoms with Crippen molar-refractivity contribution in [2.75, 3.05) is 33.2 Å². The van der Waals surface area contributed by atoms with Gasteiger partial charge in [-0.1, -0.05) is 42.3 Å². The minimum atomic E-state index is -1.78. The van der Waals surface area contributed by atoms with Gasteiger partial charge in [0.1, 0.15) is 40.7 Å². The highest BCUT2D eigenvalue weighted by atomic mass is 35.5. The van der Waals surface area contributed by atoms with E-state index in [0.717, 1.165) is 11.1 Å². The fourth-order valence-corrected chi connectivity index (χ4v) is 6.28. The summed E-state index contributed by atoms with van der Waals surface area (Å²) in [5.74, 6) is -0.974. The van der Waals surface area contributed by atoms with Gasteiger partial charge in [-0.15, -0.1) is 0 Å². The fraction of sp³-hybridized carbons (Fsp3) is 0.594. The fourth-order valence-electron chi connectivity index (χ4n) is 5.97. The molecule has 3 heterocycles. The predicted octanol–water partition coefficient (Wildman–Crippen LogP) is 3.28. The number of nitrogens with zero attached hydrogens (tertiary/aromatic N) is 1. The molecule has 1 aromatic rings. The van der Waals surface area contributed by atoms with Crippen molar-refractivity contribution in [3.63, 3.8) is 0 Å². The summed E-state index contributed by atoms with van der Waals surface area (Å²) in [5, 5.41) is 17.2. The third-order valence-electron chi connectivity index (χ3n) is 9.00. The van der Waals surface area contributed by atoms with Crippen LogP contribution in [-0.2, 0) is 35.0 Å². The number of alkyl carbamates (subject to hydrolysis) is 1. The van der Waals surface area contributed by atoms with Gasteiger partial charge in [0.2, 0.25) is 5.91 Å². The Labute approximate surface area is 269 Å². The number of hydrogen-bond donors (Lipinski definition) is 3. The lowest BCUT2D eigenvalue weighted by Crippen LogP contribution is -2.63. The topological polar surface area (TPSA) is 148 Å². The van der Waals surface area contributed by atoms with Crippen molar-refractivity contribution in [1.82, 2.24) is 10.6 Å².